The smallest absolute Gasteiger partial charge is 0.102 e. The van der Waals surface area contributed by atoms with Gasteiger partial charge in [-0.15, -0.1) is 0 Å². The molecule has 0 aromatic rings. The summed E-state index contributed by atoms with van der Waals surface area (Å²) in [5, 5.41) is 0. The number of nitrogens with zero attached hydrogens (tertiary/aromatic N) is 1. The molecule has 1 saturated heterocycles. The molecule has 116 valence electrons. The van der Waals surface area contributed by atoms with Crippen molar-refractivity contribution in [3.8, 4) is 0 Å². The molecule has 0 N–H and O–H groups in total. The van der Waals surface area contributed by atoms with E-state index in [1.165, 1.54) is 19.3 Å². The lowest BCUT2D eigenvalue weighted by atomic mass is 9.70. The van der Waals surface area contributed by atoms with Crippen LogP contribution in [0.1, 0.15) is 40.0 Å². The van der Waals surface area contributed by atoms with E-state index >= 15 is 0 Å². The van der Waals surface area contributed by atoms with Crippen molar-refractivity contribution in [2.24, 2.45) is 16.7 Å². The normalized spacial score (nSPS) is 42.0. The van der Waals surface area contributed by atoms with Crippen LogP contribution in [-0.2, 0) is 9.47 Å². The van der Waals surface area contributed by atoms with Gasteiger partial charge in [0.1, 0.15) is 19.6 Å². The van der Waals surface area contributed by atoms with Crippen LogP contribution in [0.5, 0.6) is 0 Å². The summed E-state index contributed by atoms with van der Waals surface area (Å²) in [6.07, 6.45) is 4.55. The first-order valence-electron chi connectivity index (χ1n) is 8.40. The van der Waals surface area contributed by atoms with Gasteiger partial charge in [-0.1, -0.05) is 20.8 Å². The van der Waals surface area contributed by atoms with Gasteiger partial charge >= 0.3 is 0 Å². The van der Waals surface area contributed by atoms with Crippen molar-refractivity contribution in [3.05, 3.63) is 0 Å². The second kappa shape index (κ2) is 4.96. The Hall–Kier alpha value is -0.120. The maximum atomic E-state index is 6.39. The lowest BCUT2D eigenvalue weighted by Crippen LogP contribution is -2.53. The molecule has 1 heterocycles. The lowest BCUT2D eigenvalue weighted by molar-refractivity contribution is -0.917. The van der Waals surface area contributed by atoms with Gasteiger partial charge in [0.05, 0.1) is 33.0 Å². The fourth-order valence-corrected chi connectivity index (χ4v) is 4.80. The number of ether oxygens (including phenoxy) is 2. The van der Waals surface area contributed by atoms with Crippen LogP contribution in [0.4, 0.5) is 0 Å². The van der Waals surface area contributed by atoms with Crippen LogP contribution in [0.3, 0.4) is 0 Å². The number of likely N-dealkylation sites (N-methyl/N-ethyl adjacent to an activating group) is 1. The molecule has 0 aromatic heterocycles. The van der Waals surface area contributed by atoms with Crippen molar-refractivity contribution in [2.45, 2.75) is 46.1 Å². The standard InChI is InChI=1S/C17H32NO2/c1-16(2)14-5-6-17(16,3)15(13-14)20-12-9-18(4)7-10-19-11-8-18/h14-15H,5-13H2,1-4H3/q+1. The van der Waals surface area contributed by atoms with Crippen LogP contribution in [0.15, 0.2) is 0 Å². The molecule has 3 fully saturated rings. The molecule has 3 rings (SSSR count). The predicted molar refractivity (Wildman–Crippen MR) is 80.6 cm³/mol. The molecular weight excluding hydrogens is 250 g/mol. The van der Waals surface area contributed by atoms with Crippen molar-refractivity contribution in [3.63, 3.8) is 0 Å². The molecule has 2 bridgehead atoms. The highest BCUT2D eigenvalue weighted by molar-refractivity contribution is 5.11. The molecule has 2 aliphatic carbocycles. The lowest BCUT2D eigenvalue weighted by Gasteiger charge is -2.40. The SMILES string of the molecule is CC1(C)C2CCC1(C)C(OCC[N+]1(C)CCOCC1)C2. The first-order valence-corrected chi connectivity index (χ1v) is 8.40. The van der Waals surface area contributed by atoms with Crippen LogP contribution in [-0.4, -0.2) is 57.1 Å². The van der Waals surface area contributed by atoms with Crippen molar-refractivity contribution < 1.29 is 14.0 Å². The average Bonchev–Trinajstić information content (AvgIpc) is 2.72. The molecule has 2 saturated carbocycles. The van der Waals surface area contributed by atoms with Gasteiger partial charge in [0, 0.05) is 0 Å². The van der Waals surface area contributed by atoms with Gasteiger partial charge in [-0.3, -0.25) is 0 Å². The van der Waals surface area contributed by atoms with Gasteiger partial charge in [0.2, 0.25) is 0 Å². The predicted octanol–water partition coefficient (Wildman–Crippen LogP) is 2.69. The van der Waals surface area contributed by atoms with Crippen LogP contribution in [0.2, 0.25) is 0 Å². The van der Waals surface area contributed by atoms with Gasteiger partial charge in [-0.05, 0) is 36.0 Å². The molecule has 3 unspecified atom stereocenters. The topological polar surface area (TPSA) is 18.5 Å². The highest BCUT2D eigenvalue weighted by Gasteiger charge is 2.61. The quantitative estimate of drug-likeness (QED) is 0.738. The van der Waals surface area contributed by atoms with E-state index < -0.39 is 0 Å². The molecule has 3 heteroatoms. The van der Waals surface area contributed by atoms with Crippen molar-refractivity contribution in [1.29, 1.82) is 0 Å². The summed E-state index contributed by atoms with van der Waals surface area (Å²) >= 11 is 0. The summed E-state index contributed by atoms with van der Waals surface area (Å²) in [5.74, 6) is 0.880. The van der Waals surface area contributed by atoms with Crippen LogP contribution < -0.4 is 0 Å². The van der Waals surface area contributed by atoms with E-state index in [1.54, 1.807) is 0 Å². The Morgan fingerprint density at radius 1 is 1.20 bits per heavy atom. The highest BCUT2D eigenvalue weighted by atomic mass is 16.5. The number of morpholine rings is 1. The second-order valence-corrected chi connectivity index (χ2v) is 8.37. The van der Waals surface area contributed by atoms with E-state index in [2.05, 4.69) is 27.8 Å². The van der Waals surface area contributed by atoms with Gasteiger partial charge in [-0.25, -0.2) is 0 Å². The fraction of sp³-hybridized carbons (Fsp3) is 1.00. The van der Waals surface area contributed by atoms with Crippen molar-refractivity contribution >= 4 is 0 Å². The molecule has 0 amide bonds. The molecule has 0 radical (unpaired) electrons. The minimum atomic E-state index is 0.404. The summed E-state index contributed by atoms with van der Waals surface area (Å²) in [4.78, 5) is 0. The van der Waals surface area contributed by atoms with Gasteiger partial charge in [0.25, 0.3) is 0 Å². The van der Waals surface area contributed by atoms with Crippen LogP contribution in [0.25, 0.3) is 0 Å². The molecule has 0 spiro atoms. The van der Waals surface area contributed by atoms with Crippen LogP contribution in [0, 0.1) is 16.7 Å². The number of fused-ring (bicyclic) bond motifs is 2. The summed E-state index contributed by atoms with van der Waals surface area (Å²) in [6, 6.07) is 0. The molecule has 20 heavy (non-hydrogen) atoms. The van der Waals surface area contributed by atoms with Crippen molar-refractivity contribution in [2.75, 3.05) is 46.5 Å². The van der Waals surface area contributed by atoms with E-state index in [-0.39, 0.29) is 0 Å². The third-order valence-electron chi connectivity index (χ3n) is 7.22. The minimum Gasteiger partial charge on any atom is -0.372 e. The maximum Gasteiger partial charge on any atom is 0.102 e. The van der Waals surface area contributed by atoms with E-state index in [9.17, 15) is 0 Å². The van der Waals surface area contributed by atoms with Gasteiger partial charge in [0.15, 0.2) is 0 Å². The monoisotopic (exact) mass is 282 g/mol. The molecule has 0 aromatic carbocycles. The second-order valence-electron chi connectivity index (χ2n) is 8.37. The molecule has 3 nitrogen and oxygen atoms in total. The van der Waals surface area contributed by atoms with Crippen molar-refractivity contribution in [1.82, 2.24) is 0 Å². The number of hydrogen-bond donors (Lipinski definition) is 0. The third kappa shape index (κ3) is 2.22. The number of quaternary nitrogens is 1. The fourth-order valence-electron chi connectivity index (χ4n) is 4.80. The van der Waals surface area contributed by atoms with Gasteiger partial charge < -0.3 is 14.0 Å². The Kier molecular flexibility index (Phi) is 3.67. The highest BCUT2D eigenvalue weighted by Crippen LogP contribution is 2.66. The number of rotatable bonds is 4. The Balaban J connectivity index is 1.53. The summed E-state index contributed by atoms with van der Waals surface area (Å²) < 4.78 is 13.0. The van der Waals surface area contributed by atoms with E-state index in [4.69, 9.17) is 9.47 Å². The zero-order chi connectivity index (χ0) is 14.4. The van der Waals surface area contributed by atoms with E-state index in [0.717, 1.165) is 49.9 Å². The molecule has 1 aliphatic heterocycles. The molecule has 3 aliphatic rings. The molecule has 3 atom stereocenters. The average molecular weight is 282 g/mol. The first-order chi connectivity index (χ1) is 9.37. The summed E-state index contributed by atoms with van der Waals surface area (Å²) in [7, 11) is 2.35. The van der Waals surface area contributed by atoms with Gasteiger partial charge in [-0.2, -0.15) is 0 Å². The number of hydrogen-bond acceptors (Lipinski definition) is 2. The zero-order valence-electron chi connectivity index (χ0n) is 13.8. The van der Waals surface area contributed by atoms with Crippen LogP contribution >= 0.6 is 0 Å². The largest absolute Gasteiger partial charge is 0.372 e. The third-order valence-corrected chi connectivity index (χ3v) is 7.22. The summed E-state index contributed by atoms with van der Waals surface area (Å²) in [5.41, 5.74) is 0.871. The zero-order valence-corrected chi connectivity index (χ0v) is 13.8. The maximum absolute atomic E-state index is 6.39. The first kappa shape index (κ1) is 14.8. The molecular formula is C17H32NO2+. The van der Waals surface area contributed by atoms with E-state index in [1.807, 2.05) is 0 Å². The Labute approximate surface area is 124 Å². The minimum absolute atomic E-state index is 0.404. The Bertz CT molecular complexity index is 362. The Morgan fingerprint density at radius 3 is 2.45 bits per heavy atom. The van der Waals surface area contributed by atoms with E-state index in [0.29, 0.717) is 16.9 Å². The Morgan fingerprint density at radius 2 is 1.90 bits per heavy atom. The summed E-state index contributed by atoms with van der Waals surface area (Å²) in [6.45, 7) is 13.5.